The van der Waals surface area contributed by atoms with E-state index < -0.39 is 0 Å². The average Bonchev–Trinajstić information content (AvgIpc) is 2.03. The van der Waals surface area contributed by atoms with Crippen molar-refractivity contribution in [2.45, 2.75) is 26.1 Å². The molecule has 13 heavy (non-hydrogen) atoms. The second kappa shape index (κ2) is 5.68. The second-order valence-electron chi connectivity index (χ2n) is 3.63. The van der Waals surface area contributed by atoms with Gasteiger partial charge in [-0.05, 0) is 13.8 Å². The van der Waals surface area contributed by atoms with Crippen molar-refractivity contribution in [2.75, 3.05) is 25.4 Å². The topological polar surface area (TPSA) is 12.5 Å². The molecule has 0 aromatic carbocycles. The molecule has 2 nitrogen and oxygen atoms in total. The molecule has 3 heteroatoms. The summed E-state index contributed by atoms with van der Waals surface area (Å²) in [4.78, 5) is 2.42. The van der Waals surface area contributed by atoms with Gasteiger partial charge in [-0.2, -0.15) is 12.6 Å². The van der Waals surface area contributed by atoms with E-state index in [9.17, 15) is 0 Å². The number of hydrogen-bond acceptors (Lipinski definition) is 3. The van der Waals surface area contributed by atoms with E-state index in [0.29, 0.717) is 12.2 Å². The van der Waals surface area contributed by atoms with Crippen LogP contribution >= 0.6 is 12.6 Å². The largest absolute Gasteiger partial charge is 0.373 e. The first-order valence-corrected chi connectivity index (χ1v) is 5.49. The highest BCUT2D eigenvalue weighted by molar-refractivity contribution is 7.80. The van der Waals surface area contributed by atoms with Crippen LogP contribution in [0.3, 0.4) is 0 Å². The van der Waals surface area contributed by atoms with Gasteiger partial charge in [0.2, 0.25) is 0 Å². The molecule has 1 heterocycles. The van der Waals surface area contributed by atoms with Gasteiger partial charge in [-0.15, -0.1) is 0 Å². The van der Waals surface area contributed by atoms with E-state index in [2.05, 4.69) is 43.5 Å². The number of ether oxygens (including phenoxy) is 1. The summed E-state index contributed by atoms with van der Waals surface area (Å²) < 4.78 is 5.64. The molecule has 0 aromatic heterocycles. The molecule has 2 unspecified atom stereocenters. The van der Waals surface area contributed by atoms with Gasteiger partial charge in [0.1, 0.15) is 0 Å². The Morgan fingerprint density at radius 2 is 1.92 bits per heavy atom. The lowest BCUT2D eigenvalue weighted by Crippen LogP contribution is -2.45. The third-order valence-electron chi connectivity index (χ3n) is 2.13. The zero-order valence-corrected chi connectivity index (χ0v) is 9.33. The normalized spacial score (nSPS) is 31.3. The van der Waals surface area contributed by atoms with E-state index in [1.807, 2.05) is 0 Å². The van der Waals surface area contributed by atoms with Gasteiger partial charge in [0.05, 0.1) is 12.2 Å². The van der Waals surface area contributed by atoms with E-state index in [1.54, 1.807) is 0 Å². The van der Waals surface area contributed by atoms with Crippen LogP contribution in [-0.2, 0) is 4.74 Å². The minimum Gasteiger partial charge on any atom is -0.373 e. The van der Waals surface area contributed by atoms with Crippen molar-refractivity contribution in [2.24, 2.45) is 0 Å². The van der Waals surface area contributed by atoms with Crippen molar-refractivity contribution in [1.29, 1.82) is 0 Å². The van der Waals surface area contributed by atoms with Crippen molar-refractivity contribution >= 4 is 12.6 Å². The second-order valence-corrected chi connectivity index (χ2v) is 3.99. The predicted octanol–water partition coefficient (Wildman–Crippen LogP) is 1.58. The molecule has 1 rings (SSSR count). The number of nitrogens with zero attached hydrogens (tertiary/aromatic N) is 1. The fourth-order valence-electron chi connectivity index (χ4n) is 1.73. The van der Waals surface area contributed by atoms with Crippen LogP contribution < -0.4 is 0 Å². The number of thiol groups is 1. The van der Waals surface area contributed by atoms with Gasteiger partial charge in [0.25, 0.3) is 0 Å². The molecule has 0 amide bonds. The van der Waals surface area contributed by atoms with Crippen LogP contribution in [0, 0.1) is 0 Å². The Morgan fingerprint density at radius 1 is 1.31 bits per heavy atom. The average molecular weight is 201 g/mol. The Balaban J connectivity index is 2.28. The molecule has 1 saturated heterocycles. The number of morpholine rings is 1. The molecule has 0 aliphatic carbocycles. The summed E-state index contributed by atoms with van der Waals surface area (Å²) in [6, 6.07) is 0. The molecule has 1 aliphatic rings. The zero-order valence-electron chi connectivity index (χ0n) is 8.44. The van der Waals surface area contributed by atoms with Crippen LogP contribution in [0.15, 0.2) is 12.2 Å². The summed E-state index contributed by atoms with van der Waals surface area (Å²) in [6.45, 7) is 7.37. The summed E-state index contributed by atoms with van der Waals surface area (Å²) in [6.07, 6.45) is 5.01. The van der Waals surface area contributed by atoms with E-state index in [4.69, 9.17) is 4.74 Å². The van der Waals surface area contributed by atoms with Crippen molar-refractivity contribution < 1.29 is 4.74 Å². The lowest BCUT2D eigenvalue weighted by Gasteiger charge is -2.34. The summed E-state index contributed by atoms with van der Waals surface area (Å²) >= 11 is 4.12. The maximum absolute atomic E-state index is 5.64. The van der Waals surface area contributed by atoms with Gasteiger partial charge in [0, 0.05) is 25.4 Å². The van der Waals surface area contributed by atoms with Crippen LogP contribution in [0.4, 0.5) is 0 Å². The summed E-state index contributed by atoms with van der Waals surface area (Å²) in [7, 11) is 0. The maximum Gasteiger partial charge on any atom is 0.0678 e. The minimum atomic E-state index is 0.369. The highest BCUT2D eigenvalue weighted by atomic mass is 32.1. The monoisotopic (exact) mass is 201 g/mol. The van der Waals surface area contributed by atoms with Gasteiger partial charge in [-0.25, -0.2) is 0 Å². The van der Waals surface area contributed by atoms with Gasteiger partial charge in [-0.3, -0.25) is 4.90 Å². The first-order valence-electron chi connectivity index (χ1n) is 4.86. The van der Waals surface area contributed by atoms with Crippen molar-refractivity contribution in [3.05, 3.63) is 12.2 Å². The van der Waals surface area contributed by atoms with Crippen molar-refractivity contribution in [3.63, 3.8) is 0 Å². The van der Waals surface area contributed by atoms with Crippen LogP contribution in [0.5, 0.6) is 0 Å². The standard InChI is InChI=1S/C10H19NOS/c1-9-7-11(5-3-4-6-13)8-10(2)12-9/h3-4,9-10,13H,5-8H2,1-2H3/b4-3+. The maximum atomic E-state index is 5.64. The third kappa shape index (κ3) is 4.16. The SMILES string of the molecule is CC1CN(C/C=C/CS)CC(C)O1. The molecule has 0 N–H and O–H groups in total. The molecule has 0 radical (unpaired) electrons. The molecule has 0 spiro atoms. The van der Waals surface area contributed by atoms with E-state index >= 15 is 0 Å². The van der Waals surface area contributed by atoms with Gasteiger partial charge >= 0.3 is 0 Å². The predicted molar refractivity (Wildman–Crippen MR) is 59.4 cm³/mol. The summed E-state index contributed by atoms with van der Waals surface area (Å²) in [5, 5.41) is 0. The zero-order chi connectivity index (χ0) is 9.68. The minimum absolute atomic E-state index is 0.369. The molecule has 0 aromatic rings. The van der Waals surface area contributed by atoms with Crippen molar-refractivity contribution in [3.8, 4) is 0 Å². The smallest absolute Gasteiger partial charge is 0.0678 e. The van der Waals surface area contributed by atoms with E-state index in [-0.39, 0.29) is 0 Å². The lowest BCUT2D eigenvalue weighted by atomic mass is 10.2. The van der Waals surface area contributed by atoms with Crippen LogP contribution in [0.25, 0.3) is 0 Å². The van der Waals surface area contributed by atoms with Gasteiger partial charge in [0.15, 0.2) is 0 Å². The highest BCUT2D eigenvalue weighted by Crippen LogP contribution is 2.09. The Kier molecular flexibility index (Phi) is 4.84. The molecule has 0 bridgehead atoms. The molecular weight excluding hydrogens is 182 g/mol. The first-order chi connectivity index (χ1) is 6.22. The highest BCUT2D eigenvalue weighted by Gasteiger charge is 2.20. The quantitative estimate of drug-likeness (QED) is 0.550. The molecule has 1 fully saturated rings. The van der Waals surface area contributed by atoms with Crippen LogP contribution in [0.1, 0.15) is 13.8 Å². The molecular formula is C10H19NOS. The summed E-state index contributed by atoms with van der Waals surface area (Å²) in [5.74, 6) is 0.829. The number of rotatable bonds is 3. The number of hydrogen-bond donors (Lipinski definition) is 1. The van der Waals surface area contributed by atoms with Crippen molar-refractivity contribution in [1.82, 2.24) is 4.90 Å². The Labute approximate surface area is 86.4 Å². The van der Waals surface area contributed by atoms with Crippen LogP contribution in [-0.4, -0.2) is 42.5 Å². The van der Waals surface area contributed by atoms with Gasteiger partial charge in [-0.1, -0.05) is 12.2 Å². The fraction of sp³-hybridized carbons (Fsp3) is 0.800. The molecule has 76 valence electrons. The summed E-state index contributed by atoms with van der Waals surface area (Å²) in [5.41, 5.74) is 0. The molecule has 2 atom stereocenters. The third-order valence-corrected chi connectivity index (χ3v) is 2.34. The molecule has 0 saturated carbocycles. The van der Waals surface area contributed by atoms with E-state index in [1.165, 1.54) is 0 Å². The Hall–Kier alpha value is 0.01000. The first kappa shape index (κ1) is 11.1. The molecule has 1 aliphatic heterocycles. The Morgan fingerprint density at radius 3 is 2.46 bits per heavy atom. The fourth-order valence-corrected chi connectivity index (χ4v) is 1.88. The lowest BCUT2D eigenvalue weighted by molar-refractivity contribution is -0.0646. The van der Waals surface area contributed by atoms with Crippen LogP contribution in [0.2, 0.25) is 0 Å². The Bertz CT molecular complexity index is 162. The van der Waals surface area contributed by atoms with E-state index in [0.717, 1.165) is 25.4 Å². The van der Waals surface area contributed by atoms with Gasteiger partial charge < -0.3 is 4.74 Å².